The van der Waals surface area contributed by atoms with Crippen LogP contribution in [0.25, 0.3) is 0 Å². The van der Waals surface area contributed by atoms with Crippen LogP contribution in [-0.2, 0) is 14.8 Å². The first-order valence-electron chi connectivity index (χ1n) is 6.65. The summed E-state index contributed by atoms with van der Waals surface area (Å²) in [5.74, 6) is 0.182. The average molecular weight is 298 g/mol. The highest BCUT2D eigenvalue weighted by Gasteiger charge is 2.17. The van der Waals surface area contributed by atoms with Crippen LogP contribution in [0.1, 0.15) is 25.8 Å². The van der Waals surface area contributed by atoms with Gasteiger partial charge in [0.15, 0.2) is 0 Å². The minimum Gasteiger partial charge on any atom is -0.355 e. The molecule has 0 fully saturated rings. The number of sulfonamides is 1. The van der Waals surface area contributed by atoms with Crippen molar-refractivity contribution in [2.75, 3.05) is 13.1 Å². The summed E-state index contributed by atoms with van der Waals surface area (Å²) in [6.45, 7) is 6.16. The van der Waals surface area contributed by atoms with Crippen molar-refractivity contribution >= 4 is 15.9 Å². The van der Waals surface area contributed by atoms with Crippen LogP contribution in [0.5, 0.6) is 0 Å². The molecule has 0 saturated heterocycles. The van der Waals surface area contributed by atoms with Gasteiger partial charge in [0.25, 0.3) is 0 Å². The topological polar surface area (TPSA) is 75.3 Å². The van der Waals surface area contributed by atoms with Crippen LogP contribution in [0.15, 0.2) is 29.2 Å². The summed E-state index contributed by atoms with van der Waals surface area (Å²) >= 11 is 0. The fraction of sp³-hybridized carbons (Fsp3) is 0.500. The Balaban J connectivity index is 2.52. The fourth-order valence-corrected chi connectivity index (χ4v) is 2.89. The van der Waals surface area contributed by atoms with Crippen molar-refractivity contribution in [3.63, 3.8) is 0 Å². The van der Waals surface area contributed by atoms with Gasteiger partial charge in [-0.15, -0.1) is 0 Å². The lowest BCUT2D eigenvalue weighted by molar-refractivity contribution is -0.119. The molecule has 1 rings (SSSR count). The molecule has 0 atom stereocenters. The predicted molar refractivity (Wildman–Crippen MR) is 78.8 cm³/mol. The molecular formula is C14H22N2O3S. The zero-order valence-corrected chi connectivity index (χ0v) is 13.0. The molecule has 112 valence electrons. The largest absolute Gasteiger partial charge is 0.355 e. The van der Waals surface area contributed by atoms with Crippen LogP contribution in [0.2, 0.25) is 0 Å². The summed E-state index contributed by atoms with van der Waals surface area (Å²) in [6.07, 6.45) is 0.871. The maximum absolute atomic E-state index is 12.0. The van der Waals surface area contributed by atoms with Crippen molar-refractivity contribution in [3.05, 3.63) is 29.8 Å². The highest BCUT2D eigenvalue weighted by Crippen LogP contribution is 2.13. The van der Waals surface area contributed by atoms with E-state index in [0.29, 0.717) is 18.0 Å². The van der Waals surface area contributed by atoms with Crippen molar-refractivity contribution in [1.82, 2.24) is 10.0 Å². The number of hydrogen-bond acceptors (Lipinski definition) is 3. The van der Waals surface area contributed by atoms with E-state index in [1.165, 1.54) is 6.07 Å². The Labute approximate surface area is 120 Å². The van der Waals surface area contributed by atoms with Gasteiger partial charge in [0.2, 0.25) is 15.9 Å². The number of rotatable bonds is 7. The summed E-state index contributed by atoms with van der Waals surface area (Å²) in [5.41, 5.74) is 0.653. The first-order chi connectivity index (χ1) is 9.33. The van der Waals surface area contributed by atoms with Gasteiger partial charge in [0, 0.05) is 6.54 Å². The van der Waals surface area contributed by atoms with Crippen LogP contribution in [0.3, 0.4) is 0 Å². The zero-order valence-electron chi connectivity index (χ0n) is 12.1. The van der Waals surface area contributed by atoms with Gasteiger partial charge in [-0.25, -0.2) is 13.1 Å². The third-order valence-electron chi connectivity index (χ3n) is 2.85. The molecule has 5 nitrogen and oxygen atoms in total. The van der Waals surface area contributed by atoms with Crippen LogP contribution in [0, 0.1) is 12.8 Å². The number of carbonyl (C=O) groups is 1. The summed E-state index contributed by atoms with van der Waals surface area (Å²) in [4.78, 5) is 11.8. The quantitative estimate of drug-likeness (QED) is 0.799. The first kappa shape index (κ1) is 16.7. The molecule has 0 radical (unpaired) electrons. The lowest BCUT2D eigenvalue weighted by atomic mass is 10.1. The Morgan fingerprint density at radius 2 is 1.90 bits per heavy atom. The molecule has 1 aromatic rings. The molecular weight excluding hydrogens is 276 g/mol. The highest BCUT2D eigenvalue weighted by molar-refractivity contribution is 7.89. The van der Waals surface area contributed by atoms with Gasteiger partial charge in [0.05, 0.1) is 11.4 Å². The molecule has 0 aromatic heterocycles. The summed E-state index contributed by atoms with van der Waals surface area (Å²) in [5, 5.41) is 2.69. The molecule has 0 heterocycles. The van der Waals surface area contributed by atoms with E-state index in [4.69, 9.17) is 0 Å². The minimum atomic E-state index is -3.64. The number of benzene rings is 1. The number of aryl methyl sites for hydroxylation is 1. The van der Waals surface area contributed by atoms with Gasteiger partial charge in [-0.3, -0.25) is 4.79 Å². The van der Waals surface area contributed by atoms with E-state index in [9.17, 15) is 13.2 Å². The summed E-state index contributed by atoms with van der Waals surface area (Å²) < 4.78 is 26.4. The average Bonchev–Trinajstić information content (AvgIpc) is 2.36. The molecule has 0 saturated carbocycles. The lowest BCUT2D eigenvalue weighted by Crippen LogP contribution is -2.37. The third kappa shape index (κ3) is 5.30. The number of carbonyl (C=O) groups excluding carboxylic acids is 1. The summed E-state index contributed by atoms with van der Waals surface area (Å²) in [7, 11) is -3.64. The molecule has 0 aliphatic carbocycles. The third-order valence-corrected chi connectivity index (χ3v) is 4.41. The second-order valence-corrected chi connectivity index (χ2v) is 6.86. The number of amides is 1. The first-order valence-corrected chi connectivity index (χ1v) is 8.13. The minimum absolute atomic E-state index is 0.204. The second-order valence-electron chi connectivity index (χ2n) is 5.12. The molecule has 1 amide bonds. The van der Waals surface area contributed by atoms with Crippen LogP contribution < -0.4 is 10.0 Å². The van der Waals surface area contributed by atoms with Crippen molar-refractivity contribution in [2.45, 2.75) is 32.1 Å². The molecule has 6 heteroatoms. The van der Waals surface area contributed by atoms with Crippen molar-refractivity contribution in [1.29, 1.82) is 0 Å². The van der Waals surface area contributed by atoms with Gasteiger partial charge in [0.1, 0.15) is 0 Å². The molecule has 0 bridgehead atoms. The fourth-order valence-electron chi connectivity index (χ4n) is 1.66. The van der Waals surface area contributed by atoms with E-state index in [0.717, 1.165) is 6.42 Å². The Kier molecular flexibility index (Phi) is 6.16. The standard InChI is InChI=1S/C14H22N2O3S/c1-11(2)8-9-15-14(17)10-16-20(18,19)13-7-5-4-6-12(13)3/h4-7,11,16H,8-10H2,1-3H3,(H,15,17). The Morgan fingerprint density at radius 1 is 1.25 bits per heavy atom. The van der Waals surface area contributed by atoms with E-state index in [1.54, 1.807) is 25.1 Å². The van der Waals surface area contributed by atoms with E-state index < -0.39 is 10.0 Å². The van der Waals surface area contributed by atoms with Crippen molar-refractivity contribution < 1.29 is 13.2 Å². The number of hydrogen-bond donors (Lipinski definition) is 2. The Morgan fingerprint density at radius 3 is 2.50 bits per heavy atom. The summed E-state index contributed by atoms with van der Waals surface area (Å²) in [6, 6.07) is 6.67. The van der Waals surface area contributed by atoms with Crippen LogP contribution in [-0.4, -0.2) is 27.4 Å². The molecule has 20 heavy (non-hydrogen) atoms. The Bertz CT molecular complexity index is 553. The van der Waals surface area contributed by atoms with Gasteiger partial charge in [-0.05, 0) is 30.9 Å². The van der Waals surface area contributed by atoms with Crippen LogP contribution >= 0.6 is 0 Å². The molecule has 2 N–H and O–H groups in total. The zero-order chi connectivity index (χ0) is 15.2. The van der Waals surface area contributed by atoms with Crippen molar-refractivity contribution in [2.24, 2.45) is 5.92 Å². The monoisotopic (exact) mass is 298 g/mol. The van der Waals surface area contributed by atoms with Gasteiger partial charge in [-0.1, -0.05) is 32.0 Å². The molecule has 0 aliphatic rings. The maximum Gasteiger partial charge on any atom is 0.241 e. The van der Waals surface area contributed by atoms with E-state index in [2.05, 4.69) is 23.9 Å². The normalized spacial score (nSPS) is 11.6. The Hall–Kier alpha value is -1.40. The highest BCUT2D eigenvalue weighted by atomic mass is 32.2. The molecule has 1 aromatic carbocycles. The molecule has 0 spiro atoms. The molecule has 0 aliphatic heterocycles. The van der Waals surface area contributed by atoms with Gasteiger partial charge in [-0.2, -0.15) is 0 Å². The lowest BCUT2D eigenvalue weighted by Gasteiger charge is -2.10. The van der Waals surface area contributed by atoms with E-state index >= 15 is 0 Å². The van der Waals surface area contributed by atoms with E-state index in [1.807, 2.05) is 0 Å². The van der Waals surface area contributed by atoms with Crippen LogP contribution in [0.4, 0.5) is 0 Å². The maximum atomic E-state index is 12.0. The number of nitrogens with one attached hydrogen (secondary N) is 2. The van der Waals surface area contributed by atoms with Gasteiger partial charge < -0.3 is 5.32 Å². The predicted octanol–water partition coefficient (Wildman–Crippen LogP) is 1.44. The SMILES string of the molecule is Cc1ccccc1S(=O)(=O)NCC(=O)NCCC(C)C. The van der Waals surface area contributed by atoms with E-state index in [-0.39, 0.29) is 17.3 Å². The molecule has 0 unspecified atom stereocenters. The van der Waals surface area contributed by atoms with Gasteiger partial charge >= 0.3 is 0 Å². The smallest absolute Gasteiger partial charge is 0.241 e. The van der Waals surface area contributed by atoms with Crippen molar-refractivity contribution in [3.8, 4) is 0 Å². The second kappa shape index (κ2) is 7.40.